The minimum absolute atomic E-state index is 0.108. The third-order valence-corrected chi connectivity index (χ3v) is 3.75. The number of hydrogen-bond acceptors (Lipinski definition) is 2. The van der Waals surface area contributed by atoms with Crippen LogP contribution in [0, 0.1) is 0 Å². The molecule has 1 heterocycles. The van der Waals surface area contributed by atoms with Crippen LogP contribution < -0.4 is 5.32 Å². The molecule has 1 aromatic carbocycles. The summed E-state index contributed by atoms with van der Waals surface area (Å²) in [5, 5.41) is 2.96. The lowest BCUT2D eigenvalue weighted by molar-refractivity contribution is -0.121. The minimum Gasteiger partial charge on any atom is -0.356 e. The lowest BCUT2D eigenvalue weighted by Crippen LogP contribution is -2.25. The molecule has 0 aliphatic heterocycles. The molecule has 1 aromatic heterocycles. The van der Waals surface area contributed by atoms with Crippen LogP contribution in [0.5, 0.6) is 0 Å². The topological polar surface area (TPSA) is 42.0 Å². The van der Waals surface area contributed by atoms with Crippen LogP contribution in [0.2, 0.25) is 0 Å². The van der Waals surface area contributed by atoms with Gasteiger partial charge in [-0.15, -0.1) is 0 Å². The van der Waals surface area contributed by atoms with Crippen molar-refractivity contribution in [1.29, 1.82) is 0 Å². The SMILES string of the molecule is CC(C)c1ccc(CCC(=O)NCCc2cccnc2)cc1. The van der Waals surface area contributed by atoms with Crippen LogP contribution in [-0.2, 0) is 17.6 Å². The molecule has 0 unspecified atom stereocenters. The normalized spacial score (nSPS) is 10.7. The second kappa shape index (κ2) is 8.32. The number of pyridine rings is 1. The quantitative estimate of drug-likeness (QED) is 0.849. The van der Waals surface area contributed by atoms with Crippen molar-refractivity contribution in [2.75, 3.05) is 6.54 Å². The molecule has 0 atom stereocenters. The first-order valence-electron chi connectivity index (χ1n) is 7.89. The summed E-state index contributed by atoms with van der Waals surface area (Å²) in [5.41, 5.74) is 3.70. The summed E-state index contributed by atoms with van der Waals surface area (Å²) >= 11 is 0. The molecule has 3 nitrogen and oxygen atoms in total. The fourth-order valence-electron chi connectivity index (χ4n) is 2.31. The Hall–Kier alpha value is -2.16. The van der Waals surface area contributed by atoms with Crippen LogP contribution >= 0.6 is 0 Å². The summed E-state index contributed by atoms with van der Waals surface area (Å²) < 4.78 is 0. The molecule has 2 rings (SSSR count). The van der Waals surface area contributed by atoms with Crippen LogP contribution in [-0.4, -0.2) is 17.4 Å². The van der Waals surface area contributed by atoms with E-state index in [1.54, 1.807) is 6.20 Å². The highest BCUT2D eigenvalue weighted by atomic mass is 16.1. The van der Waals surface area contributed by atoms with Gasteiger partial charge in [0.2, 0.25) is 5.91 Å². The van der Waals surface area contributed by atoms with Crippen molar-refractivity contribution in [1.82, 2.24) is 10.3 Å². The number of aromatic nitrogens is 1. The van der Waals surface area contributed by atoms with Gasteiger partial charge in [-0.1, -0.05) is 44.2 Å². The number of hydrogen-bond donors (Lipinski definition) is 1. The second-order valence-corrected chi connectivity index (χ2v) is 5.86. The van der Waals surface area contributed by atoms with E-state index in [1.807, 2.05) is 18.3 Å². The Labute approximate surface area is 132 Å². The third-order valence-electron chi connectivity index (χ3n) is 3.75. The van der Waals surface area contributed by atoms with Gasteiger partial charge in [0.25, 0.3) is 0 Å². The van der Waals surface area contributed by atoms with Gasteiger partial charge in [0.15, 0.2) is 0 Å². The maximum absolute atomic E-state index is 11.9. The summed E-state index contributed by atoms with van der Waals surface area (Å²) in [6.45, 7) is 5.03. The molecule has 3 heteroatoms. The molecule has 0 aliphatic rings. The van der Waals surface area contributed by atoms with E-state index in [-0.39, 0.29) is 5.91 Å². The number of aryl methyl sites for hydroxylation is 1. The van der Waals surface area contributed by atoms with Crippen molar-refractivity contribution in [2.24, 2.45) is 0 Å². The van der Waals surface area contributed by atoms with Crippen molar-refractivity contribution in [3.63, 3.8) is 0 Å². The van der Waals surface area contributed by atoms with Gasteiger partial charge in [0, 0.05) is 25.4 Å². The predicted molar refractivity (Wildman–Crippen MR) is 89.8 cm³/mol. The molecule has 0 spiro atoms. The van der Waals surface area contributed by atoms with E-state index in [9.17, 15) is 4.79 Å². The average Bonchev–Trinajstić information content (AvgIpc) is 2.54. The monoisotopic (exact) mass is 296 g/mol. The molecule has 0 fully saturated rings. The van der Waals surface area contributed by atoms with Gasteiger partial charge in [0.05, 0.1) is 0 Å². The predicted octanol–water partition coefficient (Wildman–Crippen LogP) is 3.50. The van der Waals surface area contributed by atoms with Gasteiger partial charge in [-0.3, -0.25) is 9.78 Å². The number of carbonyl (C=O) groups is 1. The first-order valence-corrected chi connectivity index (χ1v) is 7.89. The number of rotatable bonds is 7. The zero-order valence-corrected chi connectivity index (χ0v) is 13.4. The Balaban J connectivity index is 1.69. The van der Waals surface area contributed by atoms with Crippen LogP contribution in [0.4, 0.5) is 0 Å². The van der Waals surface area contributed by atoms with Gasteiger partial charge >= 0.3 is 0 Å². The van der Waals surface area contributed by atoms with E-state index >= 15 is 0 Å². The lowest BCUT2D eigenvalue weighted by atomic mass is 10.0. The van der Waals surface area contributed by atoms with E-state index in [0.717, 1.165) is 18.4 Å². The molecule has 1 amide bonds. The lowest BCUT2D eigenvalue weighted by Gasteiger charge is -2.08. The molecular weight excluding hydrogens is 272 g/mol. The smallest absolute Gasteiger partial charge is 0.220 e. The van der Waals surface area contributed by atoms with Crippen LogP contribution in [0.3, 0.4) is 0 Å². The molecular formula is C19H24N2O. The van der Waals surface area contributed by atoms with Gasteiger partial charge < -0.3 is 5.32 Å². The van der Waals surface area contributed by atoms with E-state index in [2.05, 4.69) is 48.4 Å². The Morgan fingerprint density at radius 2 is 1.86 bits per heavy atom. The standard InChI is InChI=1S/C19H24N2O/c1-15(2)18-8-5-16(6-9-18)7-10-19(22)21-13-11-17-4-3-12-20-14-17/h3-6,8-9,12,14-15H,7,10-11,13H2,1-2H3,(H,21,22). The van der Waals surface area contributed by atoms with E-state index in [4.69, 9.17) is 0 Å². The number of carbonyl (C=O) groups excluding carboxylic acids is 1. The summed E-state index contributed by atoms with van der Waals surface area (Å²) in [7, 11) is 0. The molecule has 116 valence electrons. The van der Waals surface area contributed by atoms with Crippen LogP contribution in [0.25, 0.3) is 0 Å². The number of amides is 1. The molecule has 22 heavy (non-hydrogen) atoms. The van der Waals surface area contributed by atoms with E-state index < -0.39 is 0 Å². The Bertz CT molecular complexity index is 576. The highest BCUT2D eigenvalue weighted by Crippen LogP contribution is 2.15. The summed E-state index contributed by atoms with van der Waals surface area (Å²) in [5.74, 6) is 0.654. The first-order chi connectivity index (χ1) is 10.6. The highest BCUT2D eigenvalue weighted by Gasteiger charge is 2.03. The molecule has 0 bridgehead atoms. The maximum Gasteiger partial charge on any atom is 0.220 e. The van der Waals surface area contributed by atoms with Crippen LogP contribution in [0.1, 0.15) is 42.9 Å². The zero-order valence-electron chi connectivity index (χ0n) is 13.4. The van der Waals surface area contributed by atoms with Crippen molar-refractivity contribution in [3.8, 4) is 0 Å². The Morgan fingerprint density at radius 1 is 1.09 bits per heavy atom. The summed E-state index contributed by atoms with van der Waals surface area (Å²) in [4.78, 5) is 15.9. The zero-order chi connectivity index (χ0) is 15.8. The largest absolute Gasteiger partial charge is 0.356 e. The molecule has 1 N–H and O–H groups in total. The molecule has 0 saturated carbocycles. The van der Waals surface area contributed by atoms with Crippen molar-refractivity contribution >= 4 is 5.91 Å². The van der Waals surface area contributed by atoms with Crippen molar-refractivity contribution < 1.29 is 4.79 Å². The second-order valence-electron chi connectivity index (χ2n) is 5.86. The maximum atomic E-state index is 11.9. The van der Waals surface area contributed by atoms with Crippen LogP contribution in [0.15, 0.2) is 48.8 Å². The van der Waals surface area contributed by atoms with E-state index in [1.165, 1.54) is 11.1 Å². The van der Waals surface area contributed by atoms with E-state index in [0.29, 0.717) is 18.9 Å². The average molecular weight is 296 g/mol. The molecule has 0 saturated heterocycles. The van der Waals surface area contributed by atoms with Gasteiger partial charge in [-0.25, -0.2) is 0 Å². The number of nitrogens with one attached hydrogen (secondary N) is 1. The molecule has 0 aliphatic carbocycles. The van der Waals surface area contributed by atoms with Crippen molar-refractivity contribution in [2.45, 2.75) is 39.0 Å². The van der Waals surface area contributed by atoms with Gasteiger partial charge in [-0.2, -0.15) is 0 Å². The Morgan fingerprint density at radius 3 is 2.50 bits per heavy atom. The first kappa shape index (κ1) is 16.2. The highest BCUT2D eigenvalue weighted by molar-refractivity contribution is 5.76. The Kier molecular flexibility index (Phi) is 6.13. The van der Waals surface area contributed by atoms with Gasteiger partial charge in [-0.05, 0) is 41.5 Å². The van der Waals surface area contributed by atoms with Gasteiger partial charge in [0.1, 0.15) is 0 Å². The fourth-order valence-corrected chi connectivity index (χ4v) is 2.31. The summed E-state index contributed by atoms with van der Waals surface area (Å²) in [6.07, 6.45) is 5.74. The van der Waals surface area contributed by atoms with Crippen molar-refractivity contribution in [3.05, 3.63) is 65.5 Å². The fraction of sp³-hybridized carbons (Fsp3) is 0.368. The number of nitrogens with zero attached hydrogens (tertiary/aromatic N) is 1. The molecule has 2 aromatic rings. The number of benzene rings is 1. The summed E-state index contributed by atoms with van der Waals surface area (Å²) in [6, 6.07) is 12.5. The minimum atomic E-state index is 0.108. The molecule has 0 radical (unpaired) electrons. The third kappa shape index (κ3) is 5.32.